The Bertz CT molecular complexity index is 876. The number of sulfonamides is 1. The van der Waals surface area contributed by atoms with Crippen molar-refractivity contribution in [1.82, 2.24) is 5.32 Å². The molecule has 134 valence electrons. The smallest absolute Gasteiger partial charge is 0.262 e. The van der Waals surface area contributed by atoms with Crippen molar-refractivity contribution in [3.8, 4) is 0 Å². The third-order valence-corrected chi connectivity index (χ3v) is 5.63. The third-order valence-electron chi connectivity index (χ3n) is 4.12. The van der Waals surface area contributed by atoms with Crippen molar-refractivity contribution in [2.45, 2.75) is 45.1 Å². The molecule has 0 aliphatic carbocycles. The van der Waals surface area contributed by atoms with Gasteiger partial charge in [0.1, 0.15) is 0 Å². The highest BCUT2D eigenvalue weighted by atomic mass is 32.2. The van der Waals surface area contributed by atoms with Gasteiger partial charge in [-0.1, -0.05) is 31.2 Å². The number of para-hydroxylation sites is 1. The molecule has 0 bridgehead atoms. The summed E-state index contributed by atoms with van der Waals surface area (Å²) in [6, 6.07) is 11.9. The lowest BCUT2D eigenvalue weighted by Crippen LogP contribution is -2.32. The zero-order valence-electron chi connectivity index (χ0n) is 15.0. The van der Waals surface area contributed by atoms with Gasteiger partial charge in [0.2, 0.25) is 0 Å². The van der Waals surface area contributed by atoms with E-state index in [1.807, 2.05) is 32.9 Å². The van der Waals surface area contributed by atoms with Crippen molar-refractivity contribution < 1.29 is 13.2 Å². The minimum Gasteiger partial charge on any atom is -0.350 e. The summed E-state index contributed by atoms with van der Waals surface area (Å²) in [5, 5.41) is 2.85. The van der Waals surface area contributed by atoms with Crippen molar-refractivity contribution in [3.05, 3.63) is 59.2 Å². The fourth-order valence-corrected chi connectivity index (χ4v) is 3.73. The summed E-state index contributed by atoms with van der Waals surface area (Å²) in [6.45, 7) is 7.43. The van der Waals surface area contributed by atoms with Gasteiger partial charge in [0.05, 0.1) is 10.6 Å². The van der Waals surface area contributed by atoms with Crippen LogP contribution < -0.4 is 10.0 Å². The van der Waals surface area contributed by atoms with Gasteiger partial charge in [0.25, 0.3) is 15.9 Å². The van der Waals surface area contributed by atoms with Gasteiger partial charge in [-0.2, -0.15) is 0 Å². The van der Waals surface area contributed by atoms with Gasteiger partial charge in [-0.15, -0.1) is 0 Å². The molecule has 0 aliphatic heterocycles. The van der Waals surface area contributed by atoms with Crippen LogP contribution in [0.15, 0.2) is 47.4 Å². The average molecular weight is 360 g/mol. The van der Waals surface area contributed by atoms with E-state index < -0.39 is 10.0 Å². The first kappa shape index (κ1) is 19.0. The molecular formula is C19H24N2O3S. The lowest BCUT2D eigenvalue weighted by Gasteiger charge is -2.15. The Balaban J connectivity index is 2.36. The van der Waals surface area contributed by atoms with Crippen LogP contribution >= 0.6 is 0 Å². The van der Waals surface area contributed by atoms with Crippen LogP contribution in [-0.2, 0) is 10.0 Å². The fourth-order valence-electron chi connectivity index (χ4n) is 2.33. The summed E-state index contributed by atoms with van der Waals surface area (Å²) in [5.41, 5.74) is 2.27. The van der Waals surface area contributed by atoms with Gasteiger partial charge in [-0.3, -0.25) is 9.52 Å². The number of hydrogen-bond donors (Lipinski definition) is 2. The molecule has 2 aromatic carbocycles. The van der Waals surface area contributed by atoms with Gasteiger partial charge in [0, 0.05) is 11.6 Å². The Morgan fingerprint density at radius 3 is 2.40 bits per heavy atom. The van der Waals surface area contributed by atoms with E-state index in [2.05, 4.69) is 10.0 Å². The van der Waals surface area contributed by atoms with Crippen LogP contribution in [0, 0.1) is 13.8 Å². The van der Waals surface area contributed by atoms with Crippen LogP contribution in [-0.4, -0.2) is 20.4 Å². The van der Waals surface area contributed by atoms with Crippen molar-refractivity contribution in [2.75, 3.05) is 4.72 Å². The van der Waals surface area contributed by atoms with Crippen LogP contribution in [0.3, 0.4) is 0 Å². The average Bonchev–Trinajstić information content (AvgIpc) is 2.56. The van der Waals surface area contributed by atoms with Crippen molar-refractivity contribution in [1.29, 1.82) is 0 Å². The van der Waals surface area contributed by atoms with E-state index >= 15 is 0 Å². The zero-order valence-corrected chi connectivity index (χ0v) is 15.8. The molecule has 25 heavy (non-hydrogen) atoms. The second-order valence-corrected chi connectivity index (χ2v) is 7.83. The maximum absolute atomic E-state index is 12.8. The molecule has 2 rings (SSSR count). The third kappa shape index (κ3) is 4.60. The first-order chi connectivity index (χ1) is 11.7. The second kappa shape index (κ2) is 7.70. The number of anilines is 1. The topological polar surface area (TPSA) is 75.3 Å². The number of benzene rings is 2. The summed E-state index contributed by atoms with van der Waals surface area (Å²) in [7, 11) is -3.79. The first-order valence-electron chi connectivity index (χ1n) is 8.24. The minimum absolute atomic E-state index is 0.0268. The molecule has 5 nitrogen and oxygen atoms in total. The Kier molecular flexibility index (Phi) is 5.85. The Hall–Kier alpha value is -2.34. The fraction of sp³-hybridized carbons (Fsp3) is 0.316. The number of amides is 1. The predicted molar refractivity (Wildman–Crippen MR) is 100 cm³/mol. The van der Waals surface area contributed by atoms with Crippen LogP contribution in [0.25, 0.3) is 0 Å². The highest BCUT2D eigenvalue weighted by Crippen LogP contribution is 2.22. The lowest BCUT2D eigenvalue weighted by atomic mass is 10.1. The number of rotatable bonds is 6. The van der Waals surface area contributed by atoms with E-state index in [0.29, 0.717) is 16.8 Å². The quantitative estimate of drug-likeness (QED) is 0.826. The molecule has 0 fully saturated rings. The summed E-state index contributed by atoms with van der Waals surface area (Å²) >= 11 is 0. The summed E-state index contributed by atoms with van der Waals surface area (Å²) < 4.78 is 28.2. The van der Waals surface area contributed by atoms with Gasteiger partial charge in [-0.25, -0.2) is 8.42 Å². The van der Waals surface area contributed by atoms with Crippen LogP contribution in [0.5, 0.6) is 0 Å². The largest absolute Gasteiger partial charge is 0.350 e. The van der Waals surface area contributed by atoms with Crippen LogP contribution in [0.4, 0.5) is 5.69 Å². The molecule has 2 N–H and O–H groups in total. The molecule has 0 saturated carbocycles. The molecule has 0 aliphatic rings. The molecular weight excluding hydrogens is 336 g/mol. The van der Waals surface area contributed by atoms with Gasteiger partial charge < -0.3 is 5.32 Å². The lowest BCUT2D eigenvalue weighted by molar-refractivity contribution is 0.0939. The molecule has 6 heteroatoms. The predicted octanol–water partition coefficient (Wildman–Crippen LogP) is 3.63. The molecule has 0 spiro atoms. The molecule has 1 unspecified atom stereocenters. The van der Waals surface area contributed by atoms with Gasteiger partial charge in [0.15, 0.2) is 0 Å². The van der Waals surface area contributed by atoms with E-state index in [0.717, 1.165) is 12.0 Å². The number of aryl methyl sites for hydroxylation is 2. The first-order valence-corrected chi connectivity index (χ1v) is 9.73. The van der Waals surface area contributed by atoms with E-state index in [1.165, 1.54) is 6.07 Å². The maximum Gasteiger partial charge on any atom is 0.262 e. The molecule has 1 atom stereocenters. The minimum atomic E-state index is -3.79. The molecule has 2 aromatic rings. The monoisotopic (exact) mass is 360 g/mol. The Labute approximate surface area is 149 Å². The van der Waals surface area contributed by atoms with Crippen molar-refractivity contribution >= 4 is 21.6 Å². The normalized spacial score (nSPS) is 12.5. The van der Waals surface area contributed by atoms with Gasteiger partial charge in [-0.05, 0) is 56.5 Å². The Morgan fingerprint density at radius 1 is 1.08 bits per heavy atom. The van der Waals surface area contributed by atoms with E-state index in [1.54, 1.807) is 31.2 Å². The van der Waals surface area contributed by atoms with Gasteiger partial charge >= 0.3 is 0 Å². The molecule has 0 heterocycles. The van der Waals surface area contributed by atoms with E-state index in [9.17, 15) is 13.2 Å². The van der Waals surface area contributed by atoms with Crippen molar-refractivity contribution in [2.24, 2.45) is 0 Å². The van der Waals surface area contributed by atoms with Crippen molar-refractivity contribution in [3.63, 3.8) is 0 Å². The SMILES string of the molecule is CCC(C)NC(=O)c1ccc(C)c(S(=O)(=O)Nc2ccccc2C)c1. The zero-order chi connectivity index (χ0) is 18.6. The number of hydrogen-bond acceptors (Lipinski definition) is 3. The highest BCUT2D eigenvalue weighted by molar-refractivity contribution is 7.92. The number of carbonyl (C=O) groups is 1. The summed E-state index contributed by atoms with van der Waals surface area (Å²) in [6.07, 6.45) is 0.803. The molecule has 1 amide bonds. The highest BCUT2D eigenvalue weighted by Gasteiger charge is 2.20. The summed E-state index contributed by atoms with van der Waals surface area (Å²) in [4.78, 5) is 12.4. The molecule has 0 radical (unpaired) electrons. The van der Waals surface area contributed by atoms with Crippen LogP contribution in [0.1, 0.15) is 41.8 Å². The Morgan fingerprint density at radius 2 is 1.76 bits per heavy atom. The second-order valence-electron chi connectivity index (χ2n) is 6.18. The standard InChI is InChI=1S/C19H24N2O3S/c1-5-15(4)20-19(22)16-11-10-14(3)18(12-16)25(23,24)21-17-9-7-6-8-13(17)2/h6-12,15,21H,5H2,1-4H3,(H,20,22). The number of nitrogens with one attached hydrogen (secondary N) is 2. The van der Waals surface area contributed by atoms with Crippen LogP contribution in [0.2, 0.25) is 0 Å². The van der Waals surface area contributed by atoms with E-state index in [4.69, 9.17) is 0 Å². The summed E-state index contributed by atoms with van der Waals surface area (Å²) in [5.74, 6) is -0.276. The molecule has 0 aromatic heterocycles. The molecule has 0 saturated heterocycles. The maximum atomic E-state index is 12.8. The number of carbonyl (C=O) groups excluding carboxylic acids is 1. The van der Waals surface area contributed by atoms with E-state index in [-0.39, 0.29) is 16.8 Å².